The maximum absolute atomic E-state index is 13.5. The zero-order chi connectivity index (χ0) is 24.1. The van der Waals surface area contributed by atoms with E-state index < -0.39 is 46.8 Å². The zero-order valence-electron chi connectivity index (χ0n) is 17.9. The van der Waals surface area contributed by atoms with Crippen LogP contribution in [-0.2, 0) is 9.59 Å². The molecule has 3 aliphatic rings. The Hall–Kier alpha value is -3.59. The highest BCUT2D eigenvalue weighted by Crippen LogP contribution is 2.56. The SMILES string of the molecule is O=C(CN(C(=O)c1ccc([N+](=O)[O-])cc1)N1C(=O)[C@@H]2[C@H]3CC[C@@H](C3)[C@H]2C1=O)c1ccc(Cl)cc1. The van der Waals surface area contributed by atoms with E-state index in [0.29, 0.717) is 5.02 Å². The third-order valence-corrected chi connectivity index (χ3v) is 7.42. The van der Waals surface area contributed by atoms with Crippen molar-refractivity contribution in [3.8, 4) is 0 Å². The lowest BCUT2D eigenvalue weighted by Gasteiger charge is -2.30. The van der Waals surface area contributed by atoms with Gasteiger partial charge in [0, 0.05) is 28.3 Å². The van der Waals surface area contributed by atoms with Crippen LogP contribution in [0.2, 0.25) is 5.02 Å². The second-order valence-electron chi connectivity index (χ2n) is 8.97. The lowest BCUT2D eigenvalue weighted by atomic mass is 9.81. The van der Waals surface area contributed by atoms with Crippen LogP contribution in [0, 0.1) is 33.8 Å². The van der Waals surface area contributed by atoms with Crippen LogP contribution in [0.3, 0.4) is 0 Å². The maximum Gasteiger partial charge on any atom is 0.273 e. The fourth-order valence-electron chi connectivity index (χ4n) is 5.60. The van der Waals surface area contributed by atoms with Crippen LogP contribution in [0.25, 0.3) is 0 Å². The van der Waals surface area contributed by atoms with Crippen molar-refractivity contribution >= 4 is 40.8 Å². The van der Waals surface area contributed by atoms with Crippen molar-refractivity contribution in [2.45, 2.75) is 19.3 Å². The van der Waals surface area contributed by atoms with Crippen molar-refractivity contribution in [2.75, 3.05) is 6.54 Å². The van der Waals surface area contributed by atoms with Gasteiger partial charge >= 0.3 is 0 Å². The Labute approximate surface area is 199 Å². The summed E-state index contributed by atoms with van der Waals surface area (Å²) in [4.78, 5) is 63.6. The largest absolute Gasteiger partial charge is 0.292 e. The van der Waals surface area contributed by atoms with E-state index in [2.05, 4.69) is 0 Å². The quantitative estimate of drug-likeness (QED) is 0.269. The third-order valence-electron chi connectivity index (χ3n) is 7.16. The van der Waals surface area contributed by atoms with Gasteiger partial charge in [-0.05, 0) is 67.5 Å². The zero-order valence-corrected chi connectivity index (χ0v) is 18.7. The van der Waals surface area contributed by atoms with Crippen molar-refractivity contribution in [3.63, 3.8) is 0 Å². The molecule has 174 valence electrons. The van der Waals surface area contributed by atoms with Crippen LogP contribution >= 0.6 is 11.6 Å². The van der Waals surface area contributed by atoms with E-state index in [4.69, 9.17) is 11.6 Å². The Bertz CT molecular complexity index is 1180. The van der Waals surface area contributed by atoms with E-state index in [0.717, 1.165) is 41.4 Å². The first-order valence-corrected chi connectivity index (χ1v) is 11.4. The molecule has 0 radical (unpaired) electrons. The number of benzene rings is 2. The molecule has 2 aromatic carbocycles. The third kappa shape index (κ3) is 3.56. The number of carbonyl (C=O) groups excluding carboxylic acids is 4. The molecule has 0 unspecified atom stereocenters. The summed E-state index contributed by atoms with van der Waals surface area (Å²) in [7, 11) is 0. The number of hydrazine groups is 1. The molecule has 2 saturated carbocycles. The number of nitro groups is 1. The summed E-state index contributed by atoms with van der Waals surface area (Å²) < 4.78 is 0. The number of nitrogens with zero attached hydrogens (tertiary/aromatic N) is 3. The molecule has 1 aliphatic heterocycles. The smallest absolute Gasteiger partial charge is 0.273 e. The van der Waals surface area contributed by atoms with E-state index in [1.165, 1.54) is 36.4 Å². The number of ketones is 1. The number of rotatable bonds is 6. The molecular weight excluding hydrogens is 462 g/mol. The van der Waals surface area contributed by atoms with Gasteiger partial charge in [-0.25, -0.2) is 5.01 Å². The molecule has 0 aromatic heterocycles. The number of nitro benzene ring substituents is 1. The molecule has 2 aliphatic carbocycles. The van der Waals surface area contributed by atoms with Gasteiger partial charge in [-0.3, -0.25) is 29.3 Å². The van der Waals surface area contributed by atoms with Gasteiger partial charge in [-0.2, -0.15) is 5.01 Å². The lowest BCUT2D eigenvalue weighted by molar-refractivity contribution is -0.384. The van der Waals surface area contributed by atoms with E-state index in [-0.39, 0.29) is 28.7 Å². The fraction of sp³-hybridized carbons (Fsp3) is 0.333. The van der Waals surface area contributed by atoms with Crippen LogP contribution in [0.4, 0.5) is 5.69 Å². The predicted molar refractivity (Wildman–Crippen MR) is 120 cm³/mol. The Balaban J connectivity index is 1.49. The number of amides is 3. The van der Waals surface area contributed by atoms with Gasteiger partial charge in [-0.15, -0.1) is 0 Å². The van der Waals surface area contributed by atoms with Gasteiger partial charge in [0.2, 0.25) is 0 Å². The van der Waals surface area contributed by atoms with Crippen LogP contribution in [0.15, 0.2) is 48.5 Å². The number of hydrogen-bond donors (Lipinski definition) is 0. The normalized spacial score (nSPS) is 24.9. The van der Waals surface area contributed by atoms with Gasteiger partial charge in [0.15, 0.2) is 5.78 Å². The first-order valence-electron chi connectivity index (χ1n) is 11.0. The van der Waals surface area contributed by atoms with Gasteiger partial charge < -0.3 is 0 Å². The molecule has 5 rings (SSSR count). The Morgan fingerprint density at radius 1 is 0.941 bits per heavy atom. The molecule has 9 nitrogen and oxygen atoms in total. The molecule has 0 N–H and O–H groups in total. The number of hydrogen-bond acceptors (Lipinski definition) is 6. The minimum absolute atomic E-state index is 0.0233. The van der Waals surface area contributed by atoms with E-state index in [1.807, 2.05) is 0 Å². The Morgan fingerprint density at radius 2 is 1.47 bits per heavy atom. The van der Waals surface area contributed by atoms with Gasteiger partial charge in [-0.1, -0.05) is 11.6 Å². The molecule has 0 spiro atoms. The highest BCUT2D eigenvalue weighted by Gasteiger charge is 2.62. The van der Waals surface area contributed by atoms with E-state index in [1.54, 1.807) is 0 Å². The average Bonchev–Trinajstić information content (AvgIpc) is 3.51. The minimum atomic E-state index is -0.758. The summed E-state index contributed by atoms with van der Waals surface area (Å²) in [5, 5.41) is 13.1. The van der Waals surface area contributed by atoms with Gasteiger partial charge in [0.1, 0.15) is 6.54 Å². The molecule has 4 atom stereocenters. The van der Waals surface area contributed by atoms with Crippen LogP contribution in [0.5, 0.6) is 0 Å². The lowest BCUT2D eigenvalue weighted by Crippen LogP contribution is -2.52. The van der Waals surface area contributed by atoms with Crippen molar-refractivity contribution in [1.29, 1.82) is 0 Å². The van der Waals surface area contributed by atoms with Crippen molar-refractivity contribution < 1.29 is 24.1 Å². The molecular formula is C24H20ClN3O6. The number of non-ortho nitro benzene ring substituents is 1. The number of carbonyl (C=O) groups is 4. The van der Waals surface area contributed by atoms with Crippen LogP contribution < -0.4 is 0 Å². The molecule has 34 heavy (non-hydrogen) atoms. The summed E-state index contributed by atoms with van der Waals surface area (Å²) >= 11 is 5.90. The number of Topliss-reactive ketones (excluding diaryl/α,β-unsaturated/α-hetero) is 1. The Morgan fingerprint density at radius 3 is 2.00 bits per heavy atom. The second-order valence-corrected chi connectivity index (χ2v) is 9.41. The van der Waals surface area contributed by atoms with E-state index >= 15 is 0 Å². The summed E-state index contributed by atoms with van der Waals surface area (Å²) in [5.41, 5.74) is 0.0835. The standard InChI is InChI=1S/C24H20ClN3O6/c25-17-7-3-13(4-8-17)19(29)12-26(22(30)14-5-9-18(10-6-14)28(33)34)27-23(31)20-15-1-2-16(11-15)21(20)24(27)32/h3-10,15-16,20-21H,1-2,11-12H2/t15-,16-,20+,21+/m0/s1. The molecule has 2 bridgehead atoms. The van der Waals surface area contributed by atoms with Crippen molar-refractivity contribution in [2.24, 2.45) is 23.7 Å². The average molecular weight is 482 g/mol. The maximum atomic E-state index is 13.5. The fourth-order valence-corrected chi connectivity index (χ4v) is 5.73. The summed E-state index contributed by atoms with van der Waals surface area (Å²) in [6, 6.07) is 10.9. The van der Waals surface area contributed by atoms with Gasteiger partial charge in [0.25, 0.3) is 23.4 Å². The number of imide groups is 1. The van der Waals surface area contributed by atoms with Gasteiger partial charge in [0.05, 0.1) is 16.8 Å². The van der Waals surface area contributed by atoms with E-state index in [9.17, 15) is 29.3 Å². The second kappa shape index (κ2) is 8.32. The van der Waals surface area contributed by atoms with Crippen LogP contribution in [0.1, 0.15) is 40.0 Å². The van der Waals surface area contributed by atoms with Crippen molar-refractivity contribution in [1.82, 2.24) is 10.0 Å². The molecule has 10 heteroatoms. The molecule has 1 saturated heterocycles. The highest BCUT2D eigenvalue weighted by molar-refractivity contribution is 6.30. The summed E-state index contributed by atoms with van der Waals surface area (Å²) in [5.74, 6) is -2.87. The summed E-state index contributed by atoms with van der Waals surface area (Å²) in [6.45, 7) is -0.538. The highest BCUT2D eigenvalue weighted by atomic mass is 35.5. The number of halogens is 1. The molecule has 1 heterocycles. The molecule has 2 aromatic rings. The topological polar surface area (TPSA) is 118 Å². The number of fused-ring (bicyclic) bond motifs is 5. The first-order chi connectivity index (χ1) is 16.3. The van der Waals surface area contributed by atoms with Crippen molar-refractivity contribution in [3.05, 3.63) is 74.8 Å². The minimum Gasteiger partial charge on any atom is -0.292 e. The van der Waals surface area contributed by atoms with Crippen LogP contribution in [-0.4, -0.2) is 45.0 Å². The monoisotopic (exact) mass is 481 g/mol. The first kappa shape index (κ1) is 22.2. The molecule has 3 amide bonds. The Kier molecular flexibility index (Phi) is 5.44. The molecule has 3 fully saturated rings. The summed E-state index contributed by atoms with van der Waals surface area (Å²) in [6.07, 6.45) is 2.58. The predicted octanol–water partition coefficient (Wildman–Crippen LogP) is 3.52.